The van der Waals surface area contributed by atoms with E-state index in [1.165, 1.54) is 12.8 Å². The van der Waals surface area contributed by atoms with Crippen LogP contribution in [0.5, 0.6) is 0 Å². The largest absolute Gasteiger partial charge is 0.350 e. The summed E-state index contributed by atoms with van der Waals surface area (Å²) < 4.78 is 0. The molecule has 4 nitrogen and oxygen atoms in total. The van der Waals surface area contributed by atoms with E-state index in [0.29, 0.717) is 6.04 Å². The van der Waals surface area contributed by atoms with Gasteiger partial charge in [0.15, 0.2) is 0 Å². The quantitative estimate of drug-likeness (QED) is 0.800. The zero-order chi connectivity index (χ0) is 10.5. The average Bonchev–Trinajstić information content (AvgIpc) is 3.11. The van der Waals surface area contributed by atoms with E-state index >= 15 is 0 Å². The molecule has 0 spiro atoms. The number of likely N-dealkylation sites (tertiary alicyclic amines) is 1. The molecule has 2 aliphatic carbocycles. The third kappa shape index (κ3) is 3.25. The molecule has 100 valence electrons. The molecule has 3 N–H and O–H groups in total. The third-order valence-electron chi connectivity index (χ3n) is 3.86. The van der Waals surface area contributed by atoms with Crippen LogP contribution >= 0.6 is 24.8 Å². The van der Waals surface area contributed by atoms with Gasteiger partial charge in [-0.1, -0.05) is 0 Å². The molecule has 1 aliphatic heterocycles. The Morgan fingerprint density at radius 1 is 1.24 bits per heavy atom. The van der Waals surface area contributed by atoms with Crippen LogP contribution in [0.15, 0.2) is 0 Å². The molecule has 3 fully saturated rings. The zero-order valence-electron chi connectivity index (χ0n) is 9.85. The van der Waals surface area contributed by atoms with Gasteiger partial charge in [-0.2, -0.15) is 0 Å². The number of hydrogen-bond donors (Lipinski definition) is 2. The van der Waals surface area contributed by atoms with E-state index in [1.807, 2.05) is 0 Å². The molecule has 1 amide bonds. The van der Waals surface area contributed by atoms with Crippen molar-refractivity contribution in [3.05, 3.63) is 0 Å². The van der Waals surface area contributed by atoms with E-state index in [-0.39, 0.29) is 30.7 Å². The number of nitrogens with one attached hydrogen (secondary N) is 1. The van der Waals surface area contributed by atoms with E-state index in [2.05, 4.69) is 10.2 Å². The topological polar surface area (TPSA) is 58.4 Å². The molecule has 0 aromatic heterocycles. The van der Waals surface area contributed by atoms with Crippen LogP contribution < -0.4 is 11.1 Å². The van der Waals surface area contributed by atoms with Crippen molar-refractivity contribution in [2.45, 2.75) is 49.7 Å². The van der Waals surface area contributed by atoms with Gasteiger partial charge in [-0.3, -0.25) is 9.69 Å². The Bertz CT molecular complexity index is 292. The Hall–Kier alpha value is -0.0300. The Morgan fingerprint density at radius 3 is 2.41 bits per heavy atom. The van der Waals surface area contributed by atoms with Gasteiger partial charge in [0.25, 0.3) is 0 Å². The molecule has 6 heteroatoms. The molecule has 3 aliphatic rings. The van der Waals surface area contributed by atoms with Gasteiger partial charge in [-0.05, 0) is 32.1 Å². The van der Waals surface area contributed by atoms with Crippen molar-refractivity contribution in [3.63, 3.8) is 0 Å². The van der Waals surface area contributed by atoms with Crippen LogP contribution in [-0.4, -0.2) is 41.5 Å². The number of nitrogens with two attached hydrogens (primary N) is 1. The fourth-order valence-corrected chi connectivity index (χ4v) is 2.37. The molecule has 17 heavy (non-hydrogen) atoms. The van der Waals surface area contributed by atoms with E-state index in [4.69, 9.17) is 5.73 Å². The van der Waals surface area contributed by atoms with Crippen molar-refractivity contribution in [2.75, 3.05) is 13.1 Å². The number of carbonyl (C=O) groups excluding carboxylic acids is 1. The summed E-state index contributed by atoms with van der Waals surface area (Å²) in [4.78, 5) is 14.2. The minimum absolute atomic E-state index is 0. The van der Waals surface area contributed by atoms with Crippen molar-refractivity contribution in [1.29, 1.82) is 0 Å². The van der Waals surface area contributed by atoms with E-state index in [1.54, 1.807) is 0 Å². The Labute approximate surface area is 114 Å². The van der Waals surface area contributed by atoms with Gasteiger partial charge < -0.3 is 11.1 Å². The molecule has 0 aromatic carbocycles. The lowest BCUT2D eigenvalue weighted by atomic mass is 10.2. The van der Waals surface area contributed by atoms with Crippen LogP contribution in [0.1, 0.15) is 32.1 Å². The molecule has 0 bridgehead atoms. The molecular weight excluding hydrogens is 261 g/mol. The number of carbonyl (C=O) groups is 1. The summed E-state index contributed by atoms with van der Waals surface area (Å²) in [7, 11) is 0. The van der Waals surface area contributed by atoms with E-state index in [9.17, 15) is 4.79 Å². The number of halogens is 2. The van der Waals surface area contributed by atoms with E-state index in [0.717, 1.165) is 38.4 Å². The maximum atomic E-state index is 11.7. The number of rotatable bonds is 3. The molecule has 1 heterocycles. The highest BCUT2D eigenvalue weighted by molar-refractivity contribution is 5.89. The average molecular weight is 282 g/mol. The van der Waals surface area contributed by atoms with Crippen LogP contribution in [-0.2, 0) is 4.79 Å². The number of nitrogens with zero attached hydrogens (tertiary/aromatic N) is 1. The third-order valence-corrected chi connectivity index (χ3v) is 3.86. The molecule has 1 atom stereocenters. The van der Waals surface area contributed by atoms with Gasteiger partial charge >= 0.3 is 0 Å². The van der Waals surface area contributed by atoms with Crippen molar-refractivity contribution in [2.24, 2.45) is 5.73 Å². The number of amides is 1. The number of hydrogen-bond acceptors (Lipinski definition) is 3. The van der Waals surface area contributed by atoms with Gasteiger partial charge in [0.05, 0.1) is 5.54 Å². The van der Waals surface area contributed by atoms with Crippen molar-refractivity contribution in [3.8, 4) is 0 Å². The van der Waals surface area contributed by atoms with Gasteiger partial charge in [-0.15, -0.1) is 24.8 Å². The van der Waals surface area contributed by atoms with Crippen LogP contribution in [0.4, 0.5) is 0 Å². The predicted octanol–water partition coefficient (Wildman–Crippen LogP) is 0.674. The predicted molar refractivity (Wildman–Crippen MR) is 71.8 cm³/mol. The molecule has 2 saturated carbocycles. The summed E-state index contributed by atoms with van der Waals surface area (Å²) in [5, 5.41) is 3.09. The zero-order valence-corrected chi connectivity index (χ0v) is 11.5. The lowest BCUT2D eigenvalue weighted by Gasteiger charge is -2.17. The monoisotopic (exact) mass is 281 g/mol. The van der Waals surface area contributed by atoms with Gasteiger partial charge in [0.2, 0.25) is 5.91 Å². The maximum absolute atomic E-state index is 11.7. The lowest BCUT2D eigenvalue weighted by Crippen LogP contribution is -2.48. The molecule has 3 rings (SSSR count). The SMILES string of the molecule is Cl.Cl.NC1(C(=O)NC2CCN(C3CC3)C2)CC1. The Morgan fingerprint density at radius 2 is 1.88 bits per heavy atom. The first-order chi connectivity index (χ1) is 7.17. The van der Waals surface area contributed by atoms with Crippen LogP contribution in [0, 0.1) is 0 Å². The highest BCUT2D eigenvalue weighted by Crippen LogP contribution is 2.33. The molecule has 1 saturated heterocycles. The van der Waals surface area contributed by atoms with Crippen LogP contribution in [0.2, 0.25) is 0 Å². The first-order valence-corrected chi connectivity index (χ1v) is 6.01. The summed E-state index contributed by atoms with van der Waals surface area (Å²) >= 11 is 0. The summed E-state index contributed by atoms with van der Waals surface area (Å²) in [5.41, 5.74) is 5.34. The summed E-state index contributed by atoms with van der Waals surface area (Å²) in [5.74, 6) is 0.0742. The van der Waals surface area contributed by atoms with Gasteiger partial charge in [0.1, 0.15) is 0 Å². The van der Waals surface area contributed by atoms with Crippen molar-refractivity contribution < 1.29 is 4.79 Å². The Balaban J connectivity index is 0.000000722. The second-order valence-electron chi connectivity index (χ2n) is 5.34. The second-order valence-corrected chi connectivity index (χ2v) is 5.34. The van der Waals surface area contributed by atoms with Crippen molar-refractivity contribution >= 4 is 30.7 Å². The first kappa shape index (κ1) is 15.0. The molecule has 0 radical (unpaired) electrons. The standard InChI is InChI=1S/C11H19N3O.2ClH/c12-11(4-5-11)10(15)13-8-3-6-14(7-8)9-1-2-9;;/h8-9H,1-7,12H2,(H,13,15);2*1H. The molecule has 0 aromatic rings. The highest BCUT2D eigenvalue weighted by Gasteiger charge is 2.47. The first-order valence-electron chi connectivity index (χ1n) is 6.01. The summed E-state index contributed by atoms with van der Waals surface area (Å²) in [6, 6.07) is 1.17. The fraction of sp³-hybridized carbons (Fsp3) is 0.909. The van der Waals surface area contributed by atoms with E-state index < -0.39 is 5.54 Å². The van der Waals surface area contributed by atoms with Gasteiger partial charge in [0, 0.05) is 25.2 Å². The summed E-state index contributed by atoms with van der Waals surface area (Å²) in [6.45, 7) is 2.18. The second kappa shape index (κ2) is 5.31. The fourth-order valence-electron chi connectivity index (χ4n) is 2.37. The molecular formula is C11H21Cl2N3O. The van der Waals surface area contributed by atoms with Gasteiger partial charge in [-0.25, -0.2) is 0 Å². The smallest absolute Gasteiger partial charge is 0.240 e. The minimum Gasteiger partial charge on any atom is -0.350 e. The van der Waals surface area contributed by atoms with Crippen molar-refractivity contribution in [1.82, 2.24) is 10.2 Å². The maximum Gasteiger partial charge on any atom is 0.240 e. The Kier molecular flexibility index (Phi) is 4.69. The molecule has 1 unspecified atom stereocenters. The van der Waals surface area contributed by atoms with Crippen LogP contribution in [0.25, 0.3) is 0 Å². The minimum atomic E-state index is -0.507. The highest BCUT2D eigenvalue weighted by atomic mass is 35.5. The summed E-state index contributed by atoms with van der Waals surface area (Å²) in [6.07, 6.45) is 5.51. The normalized spacial score (nSPS) is 30.1. The van der Waals surface area contributed by atoms with Crippen LogP contribution in [0.3, 0.4) is 0 Å². The lowest BCUT2D eigenvalue weighted by molar-refractivity contribution is -0.123.